The number of oxime groups is 1. The second-order valence-electron chi connectivity index (χ2n) is 5.73. The minimum absolute atomic E-state index is 0.243. The van der Waals surface area contributed by atoms with E-state index in [2.05, 4.69) is 11.2 Å². The highest BCUT2D eigenvalue weighted by Crippen LogP contribution is 2.39. The molecule has 1 aliphatic rings. The number of methoxy groups -OCH3 is 1. The molecule has 0 unspecified atom stereocenters. The summed E-state index contributed by atoms with van der Waals surface area (Å²) in [5.41, 5.74) is 2.70. The summed E-state index contributed by atoms with van der Waals surface area (Å²) in [4.78, 5) is 0. The molecule has 0 aliphatic carbocycles. The maximum absolute atomic E-state index is 8.52. The third-order valence-corrected chi connectivity index (χ3v) is 4.16. The Morgan fingerprint density at radius 1 is 1.16 bits per heavy atom. The summed E-state index contributed by atoms with van der Waals surface area (Å²) in [5.74, 6) is 2.88. The average molecular weight is 339 g/mol. The number of benzene rings is 2. The highest BCUT2D eigenvalue weighted by Gasteiger charge is 2.17. The van der Waals surface area contributed by atoms with E-state index in [1.54, 1.807) is 7.11 Å². The lowest BCUT2D eigenvalue weighted by Gasteiger charge is -2.04. The zero-order valence-electron chi connectivity index (χ0n) is 13.7. The van der Waals surface area contributed by atoms with Crippen molar-refractivity contribution >= 4 is 17.2 Å². The average Bonchev–Trinajstić information content (AvgIpc) is 3.27. The highest BCUT2D eigenvalue weighted by molar-refractivity contribution is 5.88. The van der Waals surface area contributed by atoms with Crippen molar-refractivity contribution in [3.8, 4) is 28.6 Å². The fourth-order valence-corrected chi connectivity index (χ4v) is 2.96. The van der Waals surface area contributed by atoms with Crippen LogP contribution in [0, 0.1) is 0 Å². The number of fused-ring (bicyclic) bond motifs is 2. The highest BCUT2D eigenvalue weighted by atomic mass is 16.7. The van der Waals surface area contributed by atoms with E-state index in [0.717, 1.165) is 34.4 Å². The van der Waals surface area contributed by atoms with Crippen molar-refractivity contribution in [2.75, 3.05) is 13.9 Å². The summed E-state index contributed by atoms with van der Waals surface area (Å²) in [6.07, 6.45) is 2.88. The summed E-state index contributed by atoms with van der Waals surface area (Å²) in [7, 11) is 1.62. The van der Waals surface area contributed by atoms with Crippen LogP contribution >= 0.6 is 0 Å². The van der Waals surface area contributed by atoms with E-state index in [1.165, 1.54) is 6.21 Å². The molecule has 0 radical (unpaired) electrons. The number of nitrogens with zero attached hydrogens (tertiary/aromatic N) is 1. The third-order valence-electron chi connectivity index (χ3n) is 4.16. The van der Waals surface area contributed by atoms with Gasteiger partial charge in [0.2, 0.25) is 6.79 Å². The van der Waals surface area contributed by atoms with Crippen LogP contribution in [-0.2, 0) is 6.42 Å². The Bertz CT molecular complexity index is 944. The van der Waals surface area contributed by atoms with Gasteiger partial charge in [0.05, 0.1) is 7.11 Å². The quantitative estimate of drug-likeness (QED) is 0.428. The lowest BCUT2D eigenvalue weighted by Crippen LogP contribution is -1.92. The fourth-order valence-electron chi connectivity index (χ4n) is 2.96. The zero-order valence-corrected chi connectivity index (χ0v) is 13.7. The van der Waals surface area contributed by atoms with Gasteiger partial charge in [-0.05, 0) is 54.8 Å². The number of hydrogen-bond donors (Lipinski definition) is 1. The molecule has 4 rings (SSSR count). The topological polar surface area (TPSA) is 73.4 Å². The summed E-state index contributed by atoms with van der Waals surface area (Å²) >= 11 is 0. The Morgan fingerprint density at radius 3 is 2.88 bits per heavy atom. The van der Waals surface area contributed by atoms with Crippen molar-refractivity contribution in [1.29, 1.82) is 0 Å². The summed E-state index contributed by atoms with van der Waals surface area (Å²) in [5, 5.41) is 12.5. The zero-order chi connectivity index (χ0) is 17.2. The second-order valence-corrected chi connectivity index (χ2v) is 5.73. The van der Waals surface area contributed by atoms with Crippen LogP contribution in [0.5, 0.6) is 17.2 Å². The molecule has 0 spiro atoms. The minimum atomic E-state index is 0.243. The van der Waals surface area contributed by atoms with Crippen LogP contribution < -0.4 is 14.2 Å². The Hall–Kier alpha value is -3.15. The number of hydrogen-bond acceptors (Lipinski definition) is 6. The van der Waals surface area contributed by atoms with Gasteiger partial charge in [-0.2, -0.15) is 0 Å². The maximum atomic E-state index is 8.52. The molecule has 0 saturated carbocycles. The van der Waals surface area contributed by atoms with Gasteiger partial charge >= 0.3 is 0 Å². The molecule has 1 N–H and O–H groups in total. The van der Waals surface area contributed by atoms with E-state index in [4.69, 9.17) is 23.8 Å². The Kier molecular flexibility index (Phi) is 3.93. The fraction of sp³-hybridized carbons (Fsp3) is 0.211. The molecule has 1 aliphatic heterocycles. The molecule has 128 valence electrons. The lowest BCUT2D eigenvalue weighted by molar-refractivity contribution is 0.174. The number of rotatable bonds is 5. The first-order valence-corrected chi connectivity index (χ1v) is 7.95. The first kappa shape index (κ1) is 15.4. The van der Waals surface area contributed by atoms with Crippen molar-refractivity contribution in [2.45, 2.75) is 12.8 Å². The van der Waals surface area contributed by atoms with Gasteiger partial charge in [0.1, 0.15) is 5.76 Å². The van der Waals surface area contributed by atoms with Crippen LogP contribution in [0.2, 0.25) is 0 Å². The van der Waals surface area contributed by atoms with E-state index in [9.17, 15) is 0 Å². The van der Waals surface area contributed by atoms with Gasteiger partial charge in [-0.3, -0.25) is 0 Å². The van der Waals surface area contributed by atoms with Crippen LogP contribution in [0.3, 0.4) is 0 Å². The van der Waals surface area contributed by atoms with Gasteiger partial charge in [0.25, 0.3) is 0 Å². The van der Waals surface area contributed by atoms with Crippen molar-refractivity contribution in [2.24, 2.45) is 5.16 Å². The van der Waals surface area contributed by atoms with Crippen LogP contribution in [-0.4, -0.2) is 25.3 Å². The van der Waals surface area contributed by atoms with E-state index in [-0.39, 0.29) is 6.79 Å². The molecular weight excluding hydrogens is 322 g/mol. The Labute approximate surface area is 144 Å². The first-order valence-electron chi connectivity index (χ1n) is 7.95. The molecule has 0 bridgehead atoms. The molecule has 0 amide bonds. The molecule has 6 nitrogen and oxygen atoms in total. The van der Waals surface area contributed by atoms with Crippen LogP contribution in [0.25, 0.3) is 22.3 Å². The number of aryl methyl sites for hydroxylation is 1. The number of ether oxygens (including phenoxy) is 3. The SMILES string of the molecule is COc1cc(CC/C=N/O)cc2cc(-c3ccc4c(c3)OCO4)oc12. The standard InChI is InChI=1S/C19H17NO5/c1-22-18-8-12(3-2-6-20-21)7-14-10-16(25-19(14)18)13-4-5-15-17(9-13)24-11-23-15/h4-10,21H,2-3,11H2,1H3/b20-6+. The van der Waals surface area contributed by atoms with E-state index < -0.39 is 0 Å². The lowest BCUT2D eigenvalue weighted by atomic mass is 10.1. The summed E-state index contributed by atoms with van der Waals surface area (Å²) in [6.45, 7) is 0.243. The Morgan fingerprint density at radius 2 is 2.04 bits per heavy atom. The largest absolute Gasteiger partial charge is 0.493 e. The van der Waals surface area contributed by atoms with Crippen molar-refractivity contribution < 1.29 is 23.8 Å². The molecule has 25 heavy (non-hydrogen) atoms. The minimum Gasteiger partial charge on any atom is -0.493 e. The van der Waals surface area contributed by atoms with Gasteiger partial charge < -0.3 is 23.8 Å². The Balaban J connectivity index is 1.73. The van der Waals surface area contributed by atoms with Gasteiger partial charge in [-0.25, -0.2) is 0 Å². The van der Waals surface area contributed by atoms with Crippen molar-refractivity contribution in [3.05, 3.63) is 42.0 Å². The molecular formula is C19H17NO5. The van der Waals surface area contributed by atoms with Gasteiger partial charge in [-0.15, -0.1) is 5.16 Å². The number of furan rings is 1. The monoisotopic (exact) mass is 339 g/mol. The molecule has 2 heterocycles. The first-order chi connectivity index (χ1) is 12.3. The summed E-state index contributed by atoms with van der Waals surface area (Å²) < 4.78 is 22.3. The van der Waals surface area contributed by atoms with Gasteiger partial charge in [0, 0.05) is 17.2 Å². The van der Waals surface area contributed by atoms with Crippen LogP contribution in [0.15, 0.2) is 46.0 Å². The van der Waals surface area contributed by atoms with E-state index in [0.29, 0.717) is 23.5 Å². The molecule has 3 aromatic rings. The molecule has 2 aromatic carbocycles. The van der Waals surface area contributed by atoms with Crippen molar-refractivity contribution in [1.82, 2.24) is 0 Å². The smallest absolute Gasteiger partial charge is 0.231 e. The second kappa shape index (κ2) is 6.39. The predicted molar refractivity (Wildman–Crippen MR) is 92.9 cm³/mol. The third kappa shape index (κ3) is 2.87. The van der Waals surface area contributed by atoms with E-state index >= 15 is 0 Å². The molecule has 0 atom stereocenters. The molecule has 6 heteroatoms. The molecule has 0 saturated heterocycles. The van der Waals surface area contributed by atoms with Crippen LogP contribution in [0.4, 0.5) is 0 Å². The maximum Gasteiger partial charge on any atom is 0.231 e. The normalized spacial score (nSPS) is 13.0. The van der Waals surface area contributed by atoms with E-state index in [1.807, 2.05) is 30.3 Å². The van der Waals surface area contributed by atoms with Crippen LogP contribution in [0.1, 0.15) is 12.0 Å². The predicted octanol–water partition coefficient (Wildman–Crippen LogP) is 4.23. The molecule has 1 aromatic heterocycles. The summed E-state index contributed by atoms with van der Waals surface area (Å²) in [6, 6.07) is 11.7. The molecule has 0 fully saturated rings. The van der Waals surface area contributed by atoms with Crippen molar-refractivity contribution in [3.63, 3.8) is 0 Å². The van der Waals surface area contributed by atoms with Gasteiger partial charge in [0.15, 0.2) is 22.8 Å². The van der Waals surface area contributed by atoms with Gasteiger partial charge in [-0.1, -0.05) is 0 Å².